The molecule has 15 rings (SSSR count). The van der Waals surface area contributed by atoms with Gasteiger partial charge in [0.1, 0.15) is 6.07 Å². The molecular weight excluding hydrogens is 937 g/mol. The Morgan fingerprint density at radius 1 is 0.419 bits per heavy atom. The van der Waals surface area contributed by atoms with Gasteiger partial charge in [0.2, 0.25) is 5.69 Å². The van der Waals surface area contributed by atoms with E-state index in [4.69, 9.17) is 12.3 Å². The van der Waals surface area contributed by atoms with E-state index in [-0.39, 0.29) is 33.6 Å². The second-order valence-electron chi connectivity index (χ2n) is 17.8. The number of rotatable bonds is 6. The first-order chi connectivity index (χ1) is 42.9. The molecule has 4 heterocycles. The van der Waals surface area contributed by atoms with Crippen LogP contribution in [0.5, 0.6) is 0 Å². The highest BCUT2D eigenvalue weighted by molar-refractivity contribution is 7.27. The molecule has 0 N–H and O–H groups in total. The number of para-hydroxylation sites is 1. The Morgan fingerprint density at radius 3 is 1.62 bits per heavy atom. The maximum Gasteiger partial charge on any atom is 0.220 e. The zero-order valence-corrected chi connectivity index (χ0v) is 40.0. The normalized spacial score (nSPS) is 14.6. The number of nitrogens with zero attached hydrogens (tertiary/aromatic N) is 4. The monoisotopic (exact) mass is 989 g/mol. The van der Waals surface area contributed by atoms with Crippen LogP contribution >= 0.6 is 22.7 Å². The molecule has 4 nitrogen and oxygen atoms in total. The summed E-state index contributed by atoms with van der Waals surface area (Å²) >= 11 is 2.94. The van der Waals surface area contributed by atoms with Gasteiger partial charge in [0.15, 0.2) is 0 Å². The predicted octanol–water partition coefficient (Wildman–Crippen LogP) is 19.7. The molecule has 74 heavy (non-hydrogen) atoms. The third-order valence-electron chi connectivity index (χ3n) is 14.0. The molecule has 0 bridgehead atoms. The average Bonchev–Trinajstić information content (AvgIpc) is 1.63. The van der Waals surface area contributed by atoms with Gasteiger partial charge < -0.3 is 9.13 Å². The second kappa shape index (κ2) is 16.5. The van der Waals surface area contributed by atoms with Gasteiger partial charge in [0.05, 0.1) is 75.5 Å². The van der Waals surface area contributed by atoms with E-state index in [0.717, 1.165) is 46.8 Å². The van der Waals surface area contributed by atoms with Crippen LogP contribution in [0, 0.1) is 17.9 Å². The maximum absolute atomic E-state index is 12.5. The third-order valence-corrected chi connectivity index (χ3v) is 16.4. The van der Waals surface area contributed by atoms with E-state index < -0.39 is 119 Å². The van der Waals surface area contributed by atoms with Crippen molar-refractivity contribution in [1.29, 1.82) is 5.26 Å². The Hall–Kier alpha value is -9.56. The molecule has 4 aromatic heterocycles. The van der Waals surface area contributed by atoms with Gasteiger partial charge in [-0.25, -0.2) is 4.85 Å². The number of aromatic nitrogens is 2. The van der Waals surface area contributed by atoms with E-state index >= 15 is 0 Å². The van der Waals surface area contributed by atoms with Crippen LogP contribution in [0.2, 0.25) is 0 Å². The van der Waals surface area contributed by atoms with Crippen LogP contribution in [0.4, 0.5) is 5.69 Å². The van der Waals surface area contributed by atoms with Gasteiger partial charge in [0.25, 0.3) is 0 Å². The fourth-order valence-electron chi connectivity index (χ4n) is 11.0. The van der Waals surface area contributed by atoms with Crippen molar-refractivity contribution >= 4 is 112 Å². The minimum Gasteiger partial charge on any atom is -0.318 e. The summed E-state index contributed by atoms with van der Waals surface area (Å²) in [6, 6.07) is 36.0. The Balaban J connectivity index is 1.27. The summed E-state index contributed by atoms with van der Waals surface area (Å²) in [5.74, 6) is 0. The molecule has 0 saturated heterocycles. The summed E-state index contributed by atoms with van der Waals surface area (Å²) in [5.41, 5.74) is 0.557. The van der Waals surface area contributed by atoms with Crippen LogP contribution in [0.1, 0.15) is 26.1 Å². The van der Waals surface area contributed by atoms with E-state index in [9.17, 15) is 20.1 Å². The number of fused-ring (bicyclic) bond motifs is 14. The van der Waals surface area contributed by atoms with E-state index in [2.05, 4.69) is 17.0 Å². The summed E-state index contributed by atoms with van der Waals surface area (Å²) in [4.78, 5) is 4.23. The lowest BCUT2D eigenvalue weighted by atomic mass is 9.88. The van der Waals surface area contributed by atoms with Crippen molar-refractivity contribution in [3.8, 4) is 62.0 Å². The SMILES string of the molecule is [2H]c1c([2H])c([2H])c(-c2ccc3c4ccccc4n(-c4c([N+]#[C-])c(-c5c([2H])c([2H])c([2H])c([2H])c5[2H])c(C#N)c(-n5c6c(ccc7c8ccccc8sc76)c6ccc7c8cc(-c9ccccc9)ccc8sc7c65)c4-c4c([2H])c([2H])c([2H])c([2H])c4[2H])c3c2)c([2H])c1[2H]. The fraction of sp³-hybridized carbons (Fsp3) is 0. The summed E-state index contributed by atoms with van der Waals surface area (Å²) in [5, 5.41) is 18.3. The molecule has 0 atom stereocenters. The quantitative estimate of drug-likeness (QED) is 0.153. The molecule has 0 radical (unpaired) electrons. The zero-order valence-electron chi connectivity index (χ0n) is 53.4. The standard InChI is InChI=1S/C68H38N4S2/c1-70-62-60(43-22-10-4-11-23-43)55(40-69)63(61(44-24-12-5-13-25-44)66(62)71-56-28-16-14-26-47(56)48-32-30-46(39-57(48)71)42-20-8-3-9-21-42)72-64-50(33-35-52-49-27-15-17-29-58(49)73-67(52)64)51-34-36-53-54-38-45(41-18-6-2-7-19-41)31-37-59(54)74-68(53)65(51)72/h2-39H/i3D,4D,5D,8D,9D,10D,11D,12D,13D,20D,21D,22D,23D,24D,25D. The van der Waals surface area contributed by atoms with E-state index in [1.165, 1.54) is 22.7 Å². The van der Waals surface area contributed by atoms with Gasteiger partial charge in [-0.2, -0.15) is 5.26 Å². The Morgan fingerprint density at radius 2 is 0.946 bits per heavy atom. The lowest BCUT2D eigenvalue weighted by Gasteiger charge is -2.26. The second-order valence-corrected chi connectivity index (χ2v) is 19.9. The number of thiophene rings is 2. The van der Waals surface area contributed by atoms with Crippen molar-refractivity contribution in [1.82, 2.24) is 9.13 Å². The molecule has 6 heteroatoms. The molecule has 11 aromatic carbocycles. The molecule has 0 spiro atoms. The fourth-order valence-corrected chi connectivity index (χ4v) is 13.4. The van der Waals surface area contributed by atoms with Crippen molar-refractivity contribution < 1.29 is 20.6 Å². The average molecular weight is 990 g/mol. The van der Waals surface area contributed by atoms with Crippen LogP contribution < -0.4 is 0 Å². The van der Waals surface area contributed by atoms with E-state index in [1.54, 1.807) is 47.0 Å². The van der Waals surface area contributed by atoms with Crippen molar-refractivity contribution in [3.63, 3.8) is 0 Å². The van der Waals surface area contributed by atoms with Gasteiger partial charge in [-0.15, -0.1) is 22.7 Å². The van der Waals surface area contributed by atoms with Gasteiger partial charge in [-0.1, -0.05) is 200 Å². The molecule has 0 saturated carbocycles. The van der Waals surface area contributed by atoms with E-state index in [1.807, 2.05) is 95.6 Å². The first kappa shape index (κ1) is 29.7. The largest absolute Gasteiger partial charge is 0.318 e. The highest BCUT2D eigenvalue weighted by Gasteiger charge is 2.33. The Kier molecular flexibility index (Phi) is 6.62. The van der Waals surface area contributed by atoms with Crippen LogP contribution in [-0.4, -0.2) is 9.13 Å². The number of hydrogen-bond donors (Lipinski definition) is 0. The molecule has 0 unspecified atom stereocenters. The number of benzene rings is 11. The van der Waals surface area contributed by atoms with Crippen molar-refractivity contribution in [2.45, 2.75) is 0 Å². The number of hydrogen-bond acceptors (Lipinski definition) is 3. The van der Waals surface area contributed by atoms with Crippen LogP contribution in [0.3, 0.4) is 0 Å². The zero-order chi connectivity index (χ0) is 62.1. The van der Waals surface area contributed by atoms with Gasteiger partial charge in [0, 0.05) is 63.6 Å². The third kappa shape index (κ3) is 6.11. The van der Waals surface area contributed by atoms with Gasteiger partial charge in [-0.05, 0) is 63.7 Å². The van der Waals surface area contributed by atoms with Crippen molar-refractivity contribution in [2.75, 3.05) is 0 Å². The molecule has 342 valence electrons. The molecule has 0 amide bonds. The minimum absolute atomic E-state index is 0.143. The molecule has 0 aliphatic carbocycles. The minimum atomic E-state index is -0.774. The van der Waals surface area contributed by atoms with Crippen LogP contribution in [-0.2, 0) is 0 Å². The highest BCUT2D eigenvalue weighted by Crippen LogP contribution is 2.55. The van der Waals surface area contributed by atoms with Crippen LogP contribution in [0.15, 0.2) is 230 Å². The smallest absolute Gasteiger partial charge is 0.220 e. The van der Waals surface area contributed by atoms with Gasteiger partial charge in [-0.3, -0.25) is 0 Å². The topological polar surface area (TPSA) is 38.0 Å². The lowest BCUT2D eigenvalue weighted by Crippen LogP contribution is -2.09. The van der Waals surface area contributed by atoms with Crippen molar-refractivity contribution in [2.24, 2.45) is 0 Å². The summed E-state index contributed by atoms with van der Waals surface area (Å²) in [6.07, 6.45) is 0. The Bertz CT molecular complexity index is 5760. The maximum atomic E-state index is 12.5. The summed E-state index contributed by atoms with van der Waals surface area (Å²) in [7, 11) is 0. The predicted molar refractivity (Wildman–Crippen MR) is 314 cm³/mol. The highest BCUT2D eigenvalue weighted by atomic mass is 32.1. The number of nitriles is 1. The molecule has 0 aliphatic heterocycles. The first-order valence-electron chi connectivity index (χ1n) is 30.9. The summed E-state index contributed by atoms with van der Waals surface area (Å²) < 4.78 is 145. The Labute approximate surface area is 454 Å². The molecule has 15 aromatic rings. The molecular formula is C68H38N4S2. The molecule has 0 aliphatic rings. The van der Waals surface area contributed by atoms with Crippen molar-refractivity contribution in [3.05, 3.63) is 247 Å². The lowest BCUT2D eigenvalue weighted by molar-refractivity contribution is 1.14. The van der Waals surface area contributed by atoms with Crippen LogP contribution in [0.25, 0.3) is 145 Å². The summed E-state index contributed by atoms with van der Waals surface area (Å²) in [6.45, 7) is 9.51. The first-order valence-corrected chi connectivity index (χ1v) is 25.1. The van der Waals surface area contributed by atoms with E-state index in [0.29, 0.717) is 42.8 Å². The van der Waals surface area contributed by atoms with Gasteiger partial charge >= 0.3 is 0 Å². The molecule has 0 fully saturated rings.